The van der Waals surface area contributed by atoms with Crippen molar-refractivity contribution in [2.75, 3.05) is 0 Å². The molecule has 22 heavy (non-hydrogen) atoms. The van der Waals surface area contributed by atoms with E-state index in [0.29, 0.717) is 6.04 Å². The van der Waals surface area contributed by atoms with Crippen LogP contribution in [0.1, 0.15) is 27.2 Å². The molecule has 0 saturated carbocycles. The Balaban J connectivity index is 1.84. The second-order valence-corrected chi connectivity index (χ2v) is 9.06. The predicted molar refractivity (Wildman–Crippen MR) is 105 cm³/mol. The Kier molecular flexibility index (Phi) is 5.13. The SMILES string of the molecule is CC(C)CC(C)NSc1ccc2sc3cc(Br)ccc3c2c1. The van der Waals surface area contributed by atoms with Crippen LogP contribution in [0.25, 0.3) is 20.2 Å². The molecular formula is C18H20BrNS2. The van der Waals surface area contributed by atoms with E-state index >= 15 is 0 Å². The maximum atomic E-state index is 3.56. The summed E-state index contributed by atoms with van der Waals surface area (Å²) < 4.78 is 7.40. The zero-order valence-electron chi connectivity index (χ0n) is 13.0. The van der Waals surface area contributed by atoms with Crippen LogP contribution in [0.15, 0.2) is 45.8 Å². The molecule has 0 aliphatic heterocycles. The molecule has 3 aromatic rings. The predicted octanol–water partition coefficient (Wildman–Crippen LogP) is 6.85. The lowest BCUT2D eigenvalue weighted by Crippen LogP contribution is -2.20. The summed E-state index contributed by atoms with van der Waals surface area (Å²) in [6.07, 6.45) is 1.20. The van der Waals surface area contributed by atoms with Crippen molar-refractivity contribution in [3.63, 3.8) is 0 Å². The van der Waals surface area contributed by atoms with Crippen LogP contribution in [-0.4, -0.2) is 6.04 Å². The van der Waals surface area contributed by atoms with E-state index in [0.717, 1.165) is 10.4 Å². The topological polar surface area (TPSA) is 12.0 Å². The van der Waals surface area contributed by atoms with Crippen molar-refractivity contribution in [3.8, 4) is 0 Å². The highest BCUT2D eigenvalue weighted by atomic mass is 79.9. The summed E-state index contributed by atoms with van der Waals surface area (Å²) >= 11 is 7.16. The van der Waals surface area contributed by atoms with Crippen molar-refractivity contribution in [3.05, 3.63) is 40.9 Å². The molecule has 2 aromatic carbocycles. The molecule has 3 rings (SSSR count). The van der Waals surface area contributed by atoms with Crippen molar-refractivity contribution in [1.82, 2.24) is 4.72 Å². The summed E-state index contributed by atoms with van der Waals surface area (Å²) in [4.78, 5) is 1.28. The monoisotopic (exact) mass is 393 g/mol. The second-order valence-electron chi connectivity index (χ2n) is 6.15. The van der Waals surface area contributed by atoms with Crippen LogP contribution in [0.3, 0.4) is 0 Å². The van der Waals surface area contributed by atoms with E-state index in [1.807, 2.05) is 11.3 Å². The molecule has 1 heterocycles. The first-order valence-corrected chi connectivity index (χ1v) is 9.99. The van der Waals surface area contributed by atoms with Crippen LogP contribution in [-0.2, 0) is 0 Å². The van der Waals surface area contributed by atoms with Gasteiger partial charge in [0.15, 0.2) is 0 Å². The van der Waals surface area contributed by atoms with Crippen LogP contribution in [0.2, 0.25) is 0 Å². The fraction of sp³-hybridized carbons (Fsp3) is 0.333. The maximum Gasteiger partial charge on any atom is 0.0366 e. The van der Waals surface area contributed by atoms with Gasteiger partial charge in [-0.05, 0) is 61.5 Å². The van der Waals surface area contributed by atoms with Gasteiger partial charge in [-0.2, -0.15) is 0 Å². The van der Waals surface area contributed by atoms with E-state index < -0.39 is 0 Å². The number of thiophene rings is 1. The number of hydrogen-bond acceptors (Lipinski definition) is 3. The van der Waals surface area contributed by atoms with Gasteiger partial charge >= 0.3 is 0 Å². The van der Waals surface area contributed by atoms with Gasteiger partial charge in [0.05, 0.1) is 0 Å². The first-order chi connectivity index (χ1) is 10.5. The Morgan fingerprint density at radius 1 is 1.05 bits per heavy atom. The average molecular weight is 394 g/mol. The lowest BCUT2D eigenvalue weighted by molar-refractivity contribution is 0.502. The van der Waals surface area contributed by atoms with Gasteiger partial charge in [-0.25, -0.2) is 0 Å². The van der Waals surface area contributed by atoms with Gasteiger partial charge in [0.2, 0.25) is 0 Å². The van der Waals surface area contributed by atoms with E-state index in [-0.39, 0.29) is 0 Å². The molecule has 0 spiro atoms. The third-order valence-electron chi connectivity index (χ3n) is 3.61. The summed E-state index contributed by atoms with van der Waals surface area (Å²) in [6, 6.07) is 13.8. The quantitative estimate of drug-likeness (QED) is 0.475. The summed E-state index contributed by atoms with van der Waals surface area (Å²) in [6.45, 7) is 6.79. The highest BCUT2D eigenvalue weighted by Crippen LogP contribution is 2.37. The van der Waals surface area contributed by atoms with Crippen molar-refractivity contribution < 1.29 is 0 Å². The van der Waals surface area contributed by atoms with Crippen molar-refractivity contribution in [2.45, 2.75) is 38.1 Å². The van der Waals surface area contributed by atoms with E-state index in [9.17, 15) is 0 Å². The normalized spacial score (nSPS) is 13.3. The fourth-order valence-electron chi connectivity index (χ4n) is 2.72. The summed E-state index contributed by atoms with van der Waals surface area (Å²) in [5.41, 5.74) is 0. The molecule has 0 aliphatic carbocycles. The average Bonchev–Trinajstić information content (AvgIpc) is 2.81. The molecule has 0 saturated heterocycles. The molecule has 0 aliphatic rings. The summed E-state index contributed by atoms with van der Waals surface area (Å²) in [5, 5.41) is 2.71. The molecule has 1 nitrogen and oxygen atoms in total. The molecule has 0 amide bonds. The van der Waals surface area contributed by atoms with Gasteiger partial charge in [-0.1, -0.05) is 35.8 Å². The summed E-state index contributed by atoms with van der Waals surface area (Å²) in [7, 11) is 0. The van der Waals surface area contributed by atoms with Crippen molar-refractivity contribution in [1.29, 1.82) is 0 Å². The molecule has 0 fully saturated rings. The van der Waals surface area contributed by atoms with E-state index in [4.69, 9.17) is 0 Å². The number of fused-ring (bicyclic) bond motifs is 3. The number of hydrogen-bond donors (Lipinski definition) is 1. The lowest BCUT2D eigenvalue weighted by atomic mass is 10.1. The number of rotatable bonds is 5. The first-order valence-electron chi connectivity index (χ1n) is 7.57. The molecule has 0 radical (unpaired) electrons. The Morgan fingerprint density at radius 3 is 2.64 bits per heavy atom. The minimum atomic E-state index is 0.524. The van der Waals surface area contributed by atoms with Crippen LogP contribution in [0.5, 0.6) is 0 Å². The van der Waals surface area contributed by atoms with E-state index in [1.165, 1.54) is 31.5 Å². The van der Waals surface area contributed by atoms with Crippen LogP contribution < -0.4 is 4.72 Å². The zero-order valence-corrected chi connectivity index (χ0v) is 16.2. The lowest BCUT2D eigenvalue weighted by Gasteiger charge is -2.15. The Bertz CT molecular complexity index is 794. The largest absolute Gasteiger partial charge is 0.257 e. The smallest absolute Gasteiger partial charge is 0.0366 e. The van der Waals surface area contributed by atoms with Crippen LogP contribution in [0, 0.1) is 5.92 Å². The minimum absolute atomic E-state index is 0.524. The van der Waals surface area contributed by atoms with Gasteiger partial charge in [-0.15, -0.1) is 11.3 Å². The summed E-state index contributed by atoms with van der Waals surface area (Å²) in [5.74, 6) is 0.727. The Morgan fingerprint density at radius 2 is 1.86 bits per heavy atom. The molecule has 116 valence electrons. The molecule has 1 aromatic heterocycles. The fourth-order valence-corrected chi connectivity index (χ4v) is 5.10. The highest BCUT2D eigenvalue weighted by molar-refractivity contribution is 9.10. The third-order valence-corrected chi connectivity index (χ3v) is 6.24. The van der Waals surface area contributed by atoms with Crippen molar-refractivity contribution in [2.24, 2.45) is 5.92 Å². The van der Waals surface area contributed by atoms with Gasteiger partial charge in [0.25, 0.3) is 0 Å². The minimum Gasteiger partial charge on any atom is -0.257 e. The molecule has 1 atom stereocenters. The zero-order chi connectivity index (χ0) is 15.7. The highest BCUT2D eigenvalue weighted by Gasteiger charge is 2.08. The number of halogens is 1. The molecule has 0 bridgehead atoms. The Hall–Kier alpha value is -0.550. The Labute approximate surface area is 148 Å². The number of nitrogens with one attached hydrogen (secondary N) is 1. The molecule has 1 unspecified atom stereocenters. The van der Waals surface area contributed by atoms with Gasteiger partial charge in [0.1, 0.15) is 0 Å². The van der Waals surface area contributed by atoms with Gasteiger partial charge < -0.3 is 0 Å². The van der Waals surface area contributed by atoms with Crippen LogP contribution >= 0.6 is 39.2 Å². The standard InChI is InChI=1S/C18H20BrNS2/c1-11(2)8-12(3)20-22-14-5-7-17-16(10-14)15-6-4-13(19)9-18(15)21-17/h4-7,9-12,20H,8H2,1-3H3. The third kappa shape index (κ3) is 3.67. The van der Waals surface area contributed by atoms with E-state index in [1.54, 1.807) is 11.9 Å². The van der Waals surface area contributed by atoms with Crippen LogP contribution in [0.4, 0.5) is 0 Å². The second kappa shape index (κ2) is 6.91. The molecule has 1 N–H and O–H groups in total. The molecular weight excluding hydrogens is 374 g/mol. The van der Waals surface area contributed by atoms with Crippen molar-refractivity contribution >= 4 is 59.4 Å². The first kappa shape index (κ1) is 16.3. The molecule has 4 heteroatoms. The van der Waals surface area contributed by atoms with Gasteiger partial charge in [-0.3, -0.25) is 4.72 Å². The number of benzene rings is 2. The maximum absolute atomic E-state index is 3.56. The van der Waals surface area contributed by atoms with E-state index in [2.05, 4.69) is 77.8 Å². The van der Waals surface area contributed by atoms with Gasteiger partial charge in [0, 0.05) is 35.6 Å².